The van der Waals surface area contributed by atoms with Crippen LogP contribution in [0, 0.1) is 12.8 Å². The quantitative estimate of drug-likeness (QED) is 0.844. The molecule has 0 aromatic heterocycles. The molecule has 0 aliphatic carbocycles. The highest BCUT2D eigenvalue weighted by Crippen LogP contribution is 2.23. The van der Waals surface area contributed by atoms with Crippen LogP contribution < -0.4 is 14.8 Å². The maximum absolute atomic E-state index is 12.6. The van der Waals surface area contributed by atoms with Gasteiger partial charge in [0.25, 0.3) is 0 Å². The molecule has 0 spiro atoms. The van der Waals surface area contributed by atoms with Crippen LogP contribution in [0.25, 0.3) is 0 Å². The molecule has 2 N–H and O–H groups in total. The van der Waals surface area contributed by atoms with Gasteiger partial charge in [-0.05, 0) is 63.4 Å². The highest BCUT2D eigenvalue weighted by Gasteiger charge is 2.26. The van der Waals surface area contributed by atoms with Crippen LogP contribution in [0.2, 0.25) is 0 Å². The van der Waals surface area contributed by atoms with Crippen LogP contribution in [-0.2, 0) is 10.0 Å². The van der Waals surface area contributed by atoms with Gasteiger partial charge in [0.05, 0.1) is 11.0 Å². The maximum atomic E-state index is 12.6. The van der Waals surface area contributed by atoms with E-state index < -0.39 is 10.0 Å². The van der Waals surface area contributed by atoms with Crippen LogP contribution >= 0.6 is 12.4 Å². The van der Waals surface area contributed by atoms with Gasteiger partial charge in [-0.15, -0.1) is 12.4 Å². The lowest BCUT2D eigenvalue weighted by Gasteiger charge is -2.30. The number of benzene rings is 1. The van der Waals surface area contributed by atoms with Gasteiger partial charge < -0.3 is 10.1 Å². The fourth-order valence-corrected chi connectivity index (χ4v) is 4.02. The van der Waals surface area contributed by atoms with Crippen LogP contribution in [0.5, 0.6) is 5.75 Å². The predicted molar refractivity (Wildman–Crippen MR) is 95.0 cm³/mol. The molecule has 1 aliphatic heterocycles. The summed E-state index contributed by atoms with van der Waals surface area (Å²) in [6.07, 6.45) is 1.04. The second-order valence-corrected chi connectivity index (χ2v) is 8.01. The molecule has 23 heavy (non-hydrogen) atoms. The van der Waals surface area contributed by atoms with Crippen molar-refractivity contribution in [3.63, 3.8) is 0 Å². The second kappa shape index (κ2) is 8.33. The van der Waals surface area contributed by atoms with E-state index in [1.54, 1.807) is 18.2 Å². The first-order valence-corrected chi connectivity index (χ1v) is 9.28. The fraction of sp³-hybridized carbons (Fsp3) is 0.625. The van der Waals surface area contributed by atoms with E-state index in [0.29, 0.717) is 17.4 Å². The highest BCUT2D eigenvalue weighted by molar-refractivity contribution is 7.89. The zero-order valence-electron chi connectivity index (χ0n) is 14.1. The van der Waals surface area contributed by atoms with Crippen molar-refractivity contribution in [2.24, 2.45) is 5.92 Å². The van der Waals surface area contributed by atoms with Crippen molar-refractivity contribution in [2.45, 2.75) is 51.2 Å². The van der Waals surface area contributed by atoms with E-state index in [9.17, 15) is 8.42 Å². The Balaban J connectivity index is 0.00000264. The van der Waals surface area contributed by atoms with Gasteiger partial charge in [-0.25, -0.2) is 13.1 Å². The molecule has 0 amide bonds. The maximum Gasteiger partial charge on any atom is 0.240 e. The summed E-state index contributed by atoms with van der Waals surface area (Å²) < 4.78 is 33.6. The first-order valence-electron chi connectivity index (χ1n) is 7.80. The molecule has 1 aliphatic rings. The van der Waals surface area contributed by atoms with E-state index >= 15 is 0 Å². The molecule has 0 bridgehead atoms. The van der Waals surface area contributed by atoms with E-state index in [4.69, 9.17) is 4.74 Å². The van der Waals surface area contributed by atoms with Crippen LogP contribution in [-0.4, -0.2) is 33.7 Å². The summed E-state index contributed by atoms with van der Waals surface area (Å²) in [5, 5.41) is 3.23. The molecule has 1 fully saturated rings. The molecule has 2 unspecified atom stereocenters. The zero-order chi connectivity index (χ0) is 16.3. The van der Waals surface area contributed by atoms with Gasteiger partial charge in [-0.2, -0.15) is 0 Å². The Bertz CT molecular complexity index is 620. The number of halogens is 1. The topological polar surface area (TPSA) is 67.4 Å². The number of rotatable bonds is 5. The molecule has 2 atom stereocenters. The summed E-state index contributed by atoms with van der Waals surface area (Å²) >= 11 is 0. The lowest BCUT2D eigenvalue weighted by Crippen LogP contribution is -2.50. The average Bonchev–Trinajstić information content (AvgIpc) is 2.43. The van der Waals surface area contributed by atoms with Crippen molar-refractivity contribution < 1.29 is 13.2 Å². The molecule has 1 heterocycles. The van der Waals surface area contributed by atoms with Crippen LogP contribution in [0.4, 0.5) is 0 Å². The molecular weight excluding hydrogens is 336 g/mol. The van der Waals surface area contributed by atoms with E-state index in [0.717, 1.165) is 24.3 Å². The van der Waals surface area contributed by atoms with Crippen molar-refractivity contribution in [3.8, 4) is 5.75 Å². The second-order valence-electron chi connectivity index (χ2n) is 6.29. The molecular formula is C16H27ClN2O3S. The Labute approximate surface area is 145 Å². The number of hydrogen-bond donors (Lipinski definition) is 2. The Morgan fingerprint density at radius 1 is 1.35 bits per heavy atom. The Morgan fingerprint density at radius 3 is 2.61 bits per heavy atom. The van der Waals surface area contributed by atoms with Gasteiger partial charge in [0, 0.05) is 12.6 Å². The lowest BCUT2D eigenvalue weighted by atomic mass is 9.96. The van der Waals surface area contributed by atoms with Crippen LogP contribution in [0.15, 0.2) is 23.1 Å². The molecule has 1 saturated heterocycles. The first-order chi connectivity index (χ1) is 10.3. The molecule has 7 heteroatoms. The minimum atomic E-state index is -3.51. The third kappa shape index (κ3) is 5.35. The fourth-order valence-electron chi connectivity index (χ4n) is 2.59. The van der Waals surface area contributed by atoms with E-state index in [2.05, 4.69) is 17.0 Å². The van der Waals surface area contributed by atoms with Crippen LogP contribution in [0.3, 0.4) is 0 Å². The molecule has 1 aromatic rings. The molecule has 0 radical (unpaired) electrons. The summed E-state index contributed by atoms with van der Waals surface area (Å²) in [4.78, 5) is 0.291. The zero-order valence-corrected chi connectivity index (χ0v) is 15.8. The summed E-state index contributed by atoms with van der Waals surface area (Å²) in [6.45, 7) is 9.46. The Hall–Kier alpha value is -0.820. The van der Waals surface area contributed by atoms with Crippen molar-refractivity contribution in [3.05, 3.63) is 23.8 Å². The number of ether oxygens (including phenoxy) is 1. The monoisotopic (exact) mass is 362 g/mol. The smallest absolute Gasteiger partial charge is 0.240 e. The predicted octanol–water partition coefficient (Wildman–Crippen LogP) is 2.48. The van der Waals surface area contributed by atoms with Gasteiger partial charge >= 0.3 is 0 Å². The minimum absolute atomic E-state index is 0. The van der Waals surface area contributed by atoms with Crippen LogP contribution in [0.1, 0.15) is 32.8 Å². The number of aryl methyl sites for hydroxylation is 1. The molecule has 0 saturated carbocycles. The lowest BCUT2D eigenvalue weighted by molar-refractivity contribution is 0.240. The SMILES string of the molecule is Cc1cc(S(=O)(=O)NC2CNCCC2C)ccc1OC(C)C.Cl. The normalized spacial score (nSPS) is 21.8. The van der Waals surface area contributed by atoms with Crippen molar-refractivity contribution in [2.75, 3.05) is 13.1 Å². The number of hydrogen-bond acceptors (Lipinski definition) is 4. The third-order valence-electron chi connectivity index (χ3n) is 3.95. The molecule has 132 valence electrons. The molecule has 1 aromatic carbocycles. The van der Waals surface area contributed by atoms with Crippen molar-refractivity contribution >= 4 is 22.4 Å². The van der Waals surface area contributed by atoms with E-state index in [-0.39, 0.29) is 24.6 Å². The summed E-state index contributed by atoms with van der Waals surface area (Å²) in [5.74, 6) is 1.06. The number of piperidine rings is 1. The van der Waals surface area contributed by atoms with Gasteiger partial charge in [0.15, 0.2) is 0 Å². The first kappa shape index (κ1) is 20.2. The van der Waals surface area contributed by atoms with Gasteiger partial charge in [0.2, 0.25) is 10.0 Å². The van der Waals surface area contributed by atoms with E-state index in [1.165, 1.54) is 0 Å². The largest absolute Gasteiger partial charge is 0.491 e. The average molecular weight is 363 g/mol. The Kier molecular flexibility index (Phi) is 7.32. The number of nitrogens with one attached hydrogen (secondary N) is 2. The third-order valence-corrected chi connectivity index (χ3v) is 5.44. The molecule has 2 rings (SSSR count). The van der Waals surface area contributed by atoms with E-state index in [1.807, 2.05) is 20.8 Å². The highest BCUT2D eigenvalue weighted by atomic mass is 35.5. The minimum Gasteiger partial charge on any atom is -0.491 e. The molecule has 5 nitrogen and oxygen atoms in total. The summed E-state index contributed by atoms with van der Waals surface area (Å²) in [6, 6.07) is 4.94. The van der Waals surface area contributed by atoms with Gasteiger partial charge in [-0.1, -0.05) is 6.92 Å². The standard InChI is InChI=1S/C16H26N2O3S.ClH/c1-11(2)21-16-6-5-14(9-13(16)4)22(19,20)18-15-10-17-8-7-12(15)3;/h5-6,9,11-12,15,17-18H,7-8,10H2,1-4H3;1H. The summed E-state index contributed by atoms with van der Waals surface area (Å²) in [7, 11) is -3.51. The van der Waals surface area contributed by atoms with Crippen molar-refractivity contribution in [1.29, 1.82) is 0 Å². The Morgan fingerprint density at radius 2 is 2.04 bits per heavy atom. The summed E-state index contributed by atoms with van der Waals surface area (Å²) in [5.41, 5.74) is 0.825. The van der Waals surface area contributed by atoms with Crippen molar-refractivity contribution in [1.82, 2.24) is 10.0 Å². The van der Waals surface area contributed by atoms with Gasteiger partial charge in [-0.3, -0.25) is 0 Å². The number of sulfonamides is 1. The van der Waals surface area contributed by atoms with Gasteiger partial charge in [0.1, 0.15) is 5.75 Å².